The summed E-state index contributed by atoms with van der Waals surface area (Å²) in [5.41, 5.74) is 1.64. The summed E-state index contributed by atoms with van der Waals surface area (Å²) in [6.07, 6.45) is 5.29. The summed E-state index contributed by atoms with van der Waals surface area (Å²) in [5, 5.41) is 11.5. The van der Waals surface area contributed by atoms with Crippen molar-refractivity contribution >= 4 is 35.5 Å². The normalized spacial score (nSPS) is 29.9. The third-order valence-corrected chi connectivity index (χ3v) is 11.2. The second-order valence-electron chi connectivity index (χ2n) is 15.1. The summed E-state index contributed by atoms with van der Waals surface area (Å²) in [4.78, 5) is 36.8. The van der Waals surface area contributed by atoms with E-state index in [4.69, 9.17) is 14.1 Å². The van der Waals surface area contributed by atoms with Gasteiger partial charge in [0.05, 0.1) is 29.9 Å². The van der Waals surface area contributed by atoms with Crippen LogP contribution in [0.4, 0.5) is 0 Å². The molecule has 2 aromatic carbocycles. The molecule has 0 radical (unpaired) electrons. The van der Waals surface area contributed by atoms with Gasteiger partial charge in [0.1, 0.15) is 0 Å². The molecule has 3 saturated carbocycles. The summed E-state index contributed by atoms with van der Waals surface area (Å²) in [5.74, 6) is 0.574. The fourth-order valence-electron chi connectivity index (χ4n) is 8.54. The van der Waals surface area contributed by atoms with Crippen LogP contribution in [-0.2, 0) is 25.4 Å². The van der Waals surface area contributed by atoms with Crippen LogP contribution in [-0.4, -0.2) is 59.4 Å². The molecule has 5 aliphatic rings. The largest absolute Gasteiger partial charge is 0.481 e. The molecule has 2 amide bonds. The smallest absolute Gasteiger partial charge is 0.404 e. The van der Waals surface area contributed by atoms with E-state index < -0.39 is 12.7 Å². The van der Waals surface area contributed by atoms with Crippen LogP contribution >= 0.6 is 0 Å². The number of nitrogens with one attached hydrogen (secondary N) is 3. The molecular weight excluding hydrogens is 579 g/mol. The van der Waals surface area contributed by atoms with Gasteiger partial charge in [-0.25, -0.2) is 0 Å². The standard InChI is InChI=1S/C36H45BN4O5/c1-22(2)16-31(37-44-30-18-24-17-29(34(24,3)4)35(30,5)45-37)40-33(43)36(19-23-10-7-6-8-11-23)20-25(41-46-36)21-39-32(42)27-12-9-13-28-26(27)14-15-38-28/h6-15,22,24,29-31,38H,16-21H2,1-5H3,(H,39,42)(H,40,43)/t24-,29-,30+,31-,35-,36?/m0/s1. The maximum Gasteiger partial charge on any atom is 0.481 e. The van der Waals surface area contributed by atoms with E-state index in [1.54, 1.807) is 6.07 Å². The Morgan fingerprint density at radius 3 is 2.63 bits per heavy atom. The molecule has 4 fully saturated rings. The van der Waals surface area contributed by atoms with Crippen LogP contribution in [0.15, 0.2) is 65.9 Å². The first kappa shape index (κ1) is 31.0. The number of hydrogen-bond acceptors (Lipinski definition) is 6. The van der Waals surface area contributed by atoms with Crippen LogP contribution in [0.1, 0.15) is 76.2 Å². The molecule has 1 saturated heterocycles. The molecule has 2 bridgehead atoms. The van der Waals surface area contributed by atoms with Crippen molar-refractivity contribution in [3.05, 3.63) is 71.9 Å². The van der Waals surface area contributed by atoms with Crippen LogP contribution in [0, 0.1) is 23.2 Å². The highest BCUT2D eigenvalue weighted by Gasteiger charge is 2.68. The molecule has 6 atom stereocenters. The Bertz CT molecular complexity index is 1660. The van der Waals surface area contributed by atoms with Crippen molar-refractivity contribution in [2.45, 2.75) is 90.0 Å². The predicted octanol–water partition coefficient (Wildman–Crippen LogP) is 5.45. The summed E-state index contributed by atoms with van der Waals surface area (Å²) in [6.45, 7) is 11.4. The average molecular weight is 625 g/mol. The first-order valence-electron chi connectivity index (χ1n) is 16.7. The number of carbonyl (C=O) groups excluding carboxylic acids is 2. The zero-order valence-electron chi connectivity index (χ0n) is 27.5. The molecule has 8 rings (SSSR count). The van der Waals surface area contributed by atoms with E-state index in [1.807, 2.05) is 54.7 Å². The lowest BCUT2D eigenvalue weighted by molar-refractivity contribution is -0.199. The SMILES string of the molecule is CC(C)C[C@H](NC(=O)C1(Cc2ccccc2)CC(CNC(=O)c2cccc3[nH]ccc23)=NO1)B1O[C@@H]2C[C@@H]3C[C@@H](C3(C)C)[C@]2(C)O1. The Hall–Kier alpha value is -3.63. The maximum atomic E-state index is 14.4. The highest BCUT2D eigenvalue weighted by Crippen LogP contribution is 2.65. The van der Waals surface area contributed by atoms with Crippen LogP contribution in [0.5, 0.6) is 0 Å². The van der Waals surface area contributed by atoms with E-state index in [1.165, 1.54) is 6.42 Å². The Morgan fingerprint density at radius 2 is 1.87 bits per heavy atom. The molecule has 3 N–H and O–H groups in total. The number of H-pyrrole nitrogens is 1. The van der Waals surface area contributed by atoms with Crippen molar-refractivity contribution in [1.82, 2.24) is 15.6 Å². The molecule has 9 nitrogen and oxygen atoms in total. The minimum atomic E-state index is -1.27. The van der Waals surface area contributed by atoms with Gasteiger partial charge in [-0.3, -0.25) is 9.59 Å². The van der Waals surface area contributed by atoms with Gasteiger partial charge in [-0.2, -0.15) is 0 Å². The van der Waals surface area contributed by atoms with Crippen LogP contribution in [0.2, 0.25) is 0 Å². The first-order valence-corrected chi connectivity index (χ1v) is 16.7. The van der Waals surface area contributed by atoms with Gasteiger partial charge >= 0.3 is 7.12 Å². The molecule has 242 valence electrons. The number of carbonyl (C=O) groups is 2. The van der Waals surface area contributed by atoms with E-state index in [-0.39, 0.29) is 47.8 Å². The van der Waals surface area contributed by atoms with Crippen LogP contribution in [0.25, 0.3) is 10.9 Å². The zero-order valence-corrected chi connectivity index (χ0v) is 27.5. The second kappa shape index (κ2) is 11.6. The Morgan fingerprint density at radius 1 is 1.07 bits per heavy atom. The first-order chi connectivity index (χ1) is 22.0. The van der Waals surface area contributed by atoms with Crippen molar-refractivity contribution in [2.75, 3.05) is 6.54 Å². The van der Waals surface area contributed by atoms with Gasteiger partial charge in [0.25, 0.3) is 11.8 Å². The van der Waals surface area contributed by atoms with Crippen LogP contribution < -0.4 is 10.6 Å². The molecule has 10 heteroatoms. The van der Waals surface area contributed by atoms with Crippen molar-refractivity contribution in [1.29, 1.82) is 0 Å². The lowest BCUT2D eigenvalue weighted by Gasteiger charge is -2.64. The van der Waals surface area contributed by atoms with Gasteiger partial charge in [0.2, 0.25) is 5.60 Å². The molecule has 1 aromatic heterocycles. The van der Waals surface area contributed by atoms with Gasteiger partial charge < -0.3 is 29.8 Å². The second-order valence-corrected chi connectivity index (χ2v) is 15.1. The minimum absolute atomic E-state index is 0.0255. The molecular formula is C36H45BN4O5. The van der Waals surface area contributed by atoms with E-state index in [0.29, 0.717) is 41.9 Å². The van der Waals surface area contributed by atoms with E-state index in [9.17, 15) is 9.59 Å². The number of hydrogen-bond donors (Lipinski definition) is 3. The average Bonchev–Trinajstić information content (AvgIpc) is 3.76. The van der Waals surface area contributed by atoms with E-state index in [2.05, 4.69) is 55.4 Å². The number of oxime groups is 1. The predicted molar refractivity (Wildman–Crippen MR) is 178 cm³/mol. The van der Waals surface area contributed by atoms with Gasteiger partial charge in [-0.15, -0.1) is 0 Å². The molecule has 2 aliphatic heterocycles. The molecule has 0 spiro atoms. The number of aromatic amines is 1. The lowest BCUT2D eigenvalue weighted by Crippen LogP contribution is -2.65. The molecule has 1 unspecified atom stereocenters. The summed E-state index contributed by atoms with van der Waals surface area (Å²) in [6, 6.07) is 17.3. The van der Waals surface area contributed by atoms with Crippen molar-refractivity contribution in [3.8, 4) is 0 Å². The summed E-state index contributed by atoms with van der Waals surface area (Å²) < 4.78 is 13.4. The number of nitrogens with zero attached hydrogens (tertiary/aromatic N) is 1. The molecule has 3 heterocycles. The van der Waals surface area contributed by atoms with Gasteiger partial charge in [-0.1, -0.05) is 69.2 Å². The fraction of sp³-hybridized carbons (Fsp3) is 0.528. The fourth-order valence-corrected chi connectivity index (χ4v) is 8.54. The Kier molecular flexibility index (Phi) is 7.79. The monoisotopic (exact) mass is 624 g/mol. The number of benzene rings is 2. The maximum absolute atomic E-state index is 14.4. The summed E-state index contributed by atoms with van der Waals surface area (Å²) in [7, 11) is -0.539. The third-order valence-electron chi connectivity index (χ3n) is 11.2. The molecule has 46 heavy (non-hydrogen) atoms. The number of aromatic nitrogens is 1. The van der Waals surface area contributed by atoms with Crippen LogP contribution in [0.3, 0.4) is 0 Å². The Balaban J connectivity index is 1.08. The summed E-state index contributed by atoms with van der Waals surface area (Å²) >= 11 is 0. The lowest BCUT2D eigenvalue weighted by atomic mass is 9.43. The quantitative estimate of drug-likeness (QED) is 0.260. The van der Waals surface area contributed by atoms with Gasteiger partial charge in [-0.05, 0) is 73.1 Å². The molecule has 3 aliphatic carbocycles. The Labute approximate surface area is 271 Å². The van der Waals surface area contributed by atoms with Crippen molar-refractivity contribution < 1.29 is 23.7 Å². The number of fused-ring (bicyclic) bond motifs is 1. The van der Waals surface area contributed by atoms with Crippen molar-refractivity contribution in [2.24, 2.45) is 28.3 Å². The highest BCUT2D eigenvalue weighted by molar-refractivity contribution is 6.48. The molecule has 3 aromatic rings. The van der Waals surface area contributed by atoms with E-state index in [0.717, 1.165) is 22.9 Å². The topological polar surface area (TPSA) is 114 Å². The number of rotatable bonds is 10. The third kappa shape index (κ3) is 5.33. The highest BCUT2D eigenvalue weighted by atomic mass is 16.7. The number of amides is 2. The van der Waals surface area contributed by atoms with E-state index >= 15 is 0 Å². The minimum Gasteiger partial charge on any atom is -0.404 e. The van der Waals surface area contributed by atoms with Crippen molar-refractivity contribution in [3.63, 3.8) is 0 Å². The van der Waals surface area contributed by atoms with Gasteiger partial charge in [0.15, 0.2) is 0 Å². The zero-order chi connectivity index (χ0) is 32.3. The van der Waals surface area contributed by atoms with Gasteiger partial charge in [0, 0.05) is 35.5 Å².